The van der Waals surface area contributed by atoms with Gasteiger partial charge < -0.3 is 20.3 Å². The van der Waals surface area contributed by atoms with Crippen LogP contribution in [-0.4, -0.2) is 106 Å². The van der Waals surface area contributed by atoms with Gasteiger partial charge in [-0.3, -0.25) is 27.4 Å². The average Bonchev–Trinajstić information content (AvgIpc) is 4.09. The molecule has 412 valence electrons. The van der Waals surface area contributed by atoms with Crippen molar-refractivity contribution in [1.82, 2.24) is 14.4 Å². The van der Waals surface area contributed by atoms with Crippen LogP contribution in [0.15, 0.2) is 112 Å². The summed E-state index contributed by atoms with van der Waals surface area (Å²) in [5.74, 6) is -2.60. The fourth-order valence-corrected chi connectivity index (χ4v) is 12.5. The van der Waals surface area contributed by atoms with E-state index in [0.29, 0.717) is 25.9 Å². The van der Waals surface area contributed by atoms with Crippen molar-refractivity contribution < 1.29 is 71.6 Å². The SMILES string of the molecule is CC(=O)Nc1ccc2c(nc3c(C#N)c(C)c(N=Nc4cc(C)c(N=Nc5cc(CO)c(N=Nc6nc7c(S(=O)(=O)O)cc8ccccc8c7s6)cc5SCCCS(=O)(=O)O)cc4OCCCS(=O)(=O)O)c(O)n32)c1S(=O)(=O)O. The number of aliphatic hydroxyl groups excluding tert-OH is 1. The summed E-state index contributed by atoms with van der Waals surface area (Å²) in [7, 11) is -18.5. The molecule has 0 spiro atoms. The molecule has 0 aliphatic carbocycles. The molecule has 7 N–H and O–H groups in total. The minimum atomic E-state index is -5.08. The van der Waals surface area contributed by atoms with Crippen molar-refractivity contribution in [3.8, 4) is 17.7 Å². The quantitative estimate of drug-likeness (QED) is 0.0161. The molecule has 8 rings (SSSR count). The first-order chi connectivity index (χ1) is 37.1. The number of thiazole rings is 1. The van der Waals surface area contributed by atoms with Gasteiger partial charge in [0.1, 0.15) is 43.9 Å². The van der Waals surface area contributed by atoms with Gasteiger partial charge in [0.2, 0.25) is 16.9 Å². The highest BCUT2D eigenvalue weighted by molar-refractivity contribution is 7.99. The molecule has 0 fully saturated rings. The zero-order valence-electron chi connectivity index (χ0n) is 41.0. The van der Waals surface area contributed by atoms with Crippen LogP contribution in [0.3, 0.4) is 0 Å². The van der Waals surface area contributed by atoms with E-state index in [9.17, 15) is 72.2 Å². The van der Waals surface area contributed by atoms with E-state index >= 15 is 0 Å². The molecule has 33 heteroatoms. The average molecular weight is 1200 g/mol. The van der Waals surface area contributed by atoms with Gasteiger partial charge in [0.05, 0.1) is 57.7 Å². The topological polar surface area (TPSA) is 424 Å². The monoisotopic (exact) mass is 1200 g/mol. The molecule has 8 aromatic rings. The van der Waals surface area contributed by atoms with Gasteiger partial charge in [-0.05, 0) is 79.8 Å². The maximum atomic E-state index is 12.6. The Labute approximate surface area is 456 Å². The molecule has 0 saturated heterocycles. The molecule has 0 aliphatic heterocycles. The Kier molecular flexibility index (Phi) is 16.6. The molecular weight excluding hydrogens is 1150 g/mol. The summed E-state index contributed by atoms with van der Waals surface area (Å²) < 4.78 is 143. The standard InChI is InChI=1S/C46H41N11O16S6/c1-23-16-33(53-55-39-24(2)29(21-47)44-49-40-35(57(44)45(39)60)11-10-30(48-25(3)59)43(40)79(70,71)72)36(73-12-6-14-76(61,62)63)19-31(23)51-54-34-17-27(22-58)32(20-37(34)74-13-7-15-77(64,65)66)52-56-46-50-41-38(78(67,68)69)18-26-8-4-5-9-28(26)42(41)75-46/h4-5,8-11,16-20,58,60H,6-7,12-15,22H2,1-3H3,(H,48,59)(H,61,62,63)(H,64,65,66)(H,67,68,69)(H,70,71,72). The van der Waals surface area contributed by atoms with Crippen LogP contribution in [0.25, 0.3) is 37.7 Å². The number of fused-ring (bicyclic) bond motifs is 6. The second-order valence-electron chi connectivity index (χ2n) is 17.1. The van der Waals surface area contributed by atoms with Crippen LogP contribution in [0.5, 0.6) is 11.6 Å². The number of azo groups is 3. The Hall–Kier alpha value is -7.49. The fraction of sp³-hybridized carbons (Fsp3) is 0.217. The van der Waals surface area contributed by atoms with Crippen LogP contribution < -0.4 is 10.1 Å². The number of aliphatic hydroxyl groups is 1. The second-order valence-corrected chi connectivity index (χ2v) is 25.1. The highest BCUT2D eigenvalue weighted by Gasteiger charge is 2.28. The Morgan fingerprint density at radius 3 is 2.15 bits per heavy atom. The number of aromatic nitrogens is 3. The van der Waals surface area contributed by atoms with Crippen LogP contribution in [0.2, 0.25) is 0 Å². The van der Waals surface area contributed by atoms with Crippen LogP contribution in [0.4, 0.5) is 39.3 Å². The highest BCUT2D eigenvalue weighted by atomic mass is 32.2. The maximum Gasteiger partial charge on any atom is 0.298 e. The molecule has 0 radical (unpaired) electrons. The summed E-state index contributed by atoms with van der Waals surface area (Å²) in [5, 5.41) is 62.0. The molecule has 5 aromatic carbocycles. The van der Waals surface area contributed by atoms with Crippen LogP contribution in [0, 0.1) is 25.2 Å². The fourth-order valence-electron chi connectivity index (χ4n) is 7.93. The van der Waals surface area contributed by atoms with E-state index < -0.39 is 85.7 Å². The number of anilines is 1. The number of hydrogen-bond acceptors (Lipinski definition) is 23. The van der Waals surface area contributed by atoms with Crippen molar-refractivity contribution in [3.63, 3.8) is 0 Å². The number of nitriles is 1. The van der Waals surface area contributed by atoms with Gasteiger partial charge in [-0.25, -0.2) is 9.97 Å². The van der Waals surface area contributed by atoms with Crippen LogP contribution >= 0.6 is 23.1 Å². The summed E-state index contributed by atoms with van der Waals surface area (Å²) in [5.41, 5.74) is -0.845. The van der Waals surface area contributed by atoms with Crippen molar-refractivity contribution in [2.24, 2.45) is 30.7 Å². The summed E-state index contributed by atoms with van der Waals surface area (Å²) >= 11 is 2.08. The third-order valence-electron chi connectivity index (χ3n) is 11.4. The molecule has 0 aliphatic rings. The first kappa shape index (κ1) is 57.7. The van der Waals surface area contributed by atoms with E-state index in [1.165, 1.54) is 43.3 Å². The molecule has 0 bridgehead atoms. The number of amides is 1. The largest absolute Gasteiger partial charge is 0.493 e. The van der Waals surface area contributed by atoms with Gasteiger partial charge in [-0.2, -0.15) is 44.0 Å². The Balaban J connectivity index is 1.19. The van der Waals surface area contributed by atoms with Gasteiger partial charge in [0.25, 0.3) is 40.5 Å². The van der Waals surface area contributed by atoms with E-state index in [1.807, 2.05) is 6.07 Å². The van der Waals surface area contributed by atoms with E-state index in [-0.39, 0.29) is 104 Å². The number of nitrogens with zero attached hydrogens (tertiary/aromatic N) is 10. The number of ether oxygens (including phenoxy) is 1. The minimum Gasteiger partial charge on any atom is -0.493 e. The number of rotatable bonds is 20. The van der Waals surface area contributed by atoms with Crippen molar-refractivity contribution in [3.05, 3.63) is 89.0 Å². The summed E-state index contributed by atoms with van der Waals surface area (Å²) in [6, 6.07) is 18.2. The number of carbonyl (C=O) groups excluding carboxylic acids is 1. The van der Waals surface area contributed by atoms with E-state index in [0.717, 1.165) is 40.5 Å². The summed E-state index contributed by atoms with van der Waals surface area (Å²) in [6.45, 7) is 3.15. The number of thioether (sulfide) groups is 1. The normalized spacial score (nSPS) is 12.8. The molecular formula is C46H41N11O16S6. The number of nitrogens with one attached hydrogen (secondary N) is 1. The lowest BCUT2D eigenvalue weighted by Crippen LogP contribution is -2.11. The predicted molar refractivity (Wildman–Crippen MR) is 289 cm³/mol. The zero-order chi connectivity index (χ0) is 57.4. The third kappa shape index (κ3) is 13.0. The number of hydrogen-bond donors (Lipinski definition) is 7. The molecule has 0 atom stereocenters. The van der Waals surface area contributed by atoms with Crippen molar-refractivity contribution >= 4 is 146 Å². The molecule has 79 heavy (non-hydrogen) atoms. The van der Waals surface area contributed by atoms with Gasteiger partial charge in [-0.1, -0.05) is 35.6 Å². The minimum absolute atomic E-state index is 0.0106. The van der Waals surface area contributed by atoms with Gasteiger partial charge in [-0.15, -0.1) is 37.3 Å². The highest BCUT2D eigenvalue weighted by Crippen LogP contribution is 2.45. The van der Waals surface area contributed by atoms with Crippen molar-refractivity contribution in [2.45, 2.75) is 54.9 Å². The number of aromatic hydroxyl groups is 1. The first-order valence-corrected chi connectivity index (χ1v) is 30.5. The molecule has 3 heterocycles. The lowest BCUT2D eigenvalue weighted by atomic mass is 10.1. The molecule has 0 saturated carbocycles. The predicted octanol–water partition coefficient (Wildman–Crippen LogP) is 9.66. The van der Waals surface area contributed by atoms with Gasteiger partial charge >= 0.3 is 0 Å². The number of benzene rings is 5. The lowest BCUT2D eigenvalue weighted by molar-refractivity contribution is -0.114. The van der Waals surface area contributed by atoms with E-state index in [1.54, 1.807) is 31.2 Å². The van der Waals surface area contributed by atoms with Crippen molar-refractivity contribution in [1.29, 1.82) is 5.26 Å². The van der Waals surface area contributed by atoms with Crippen LogP contribution in [0.1, 0.15) is 42.0 Å². The number of imidazole rings is 1. The molecule has 27 nitrogen and oxygen atoms in total. The summed E-state index contributed by atoms with van der Waals surface area (Å²) in [4.78, 5) is 19.6. The van der Waals surface area contributed by atoms with E-state index in [2.05, 4.69) is 46.0 Å². The number of aryl methyl sites for hydroxylation is 1. The van der Waals surface area contributed by atoms with Gasteiger partial charge in [0, 0.05) is 34.4 Å². The third-order valence-corrected chi connectivity index (χ3v) is 16.9. The van der Waals surface area contributed by atoms with Crippen LogP contribution in [-0.2, 0) is 51.9 Å². The van der Waals surface area contributed by atoms with E-state index in [4.69, 9.17) is 4.74 Å². The molecule has 1 amide bonds. The Morgan fingerprint density at radius 2 is 1.48 bits per heavy atom. The smallest absolute Gasteiger partial charge is 0.298 e. The Morgan fingerprint density at radius 1 is 0.797 bits per heavy atom. The van der Waals surface area contributed by atoms with Gasteiger partial charge in [0.15, 0.2) is 11.3 Å². The van der Waals surface area contributed by atoms with Crippen molar-refractivity contribution in [2.75, 3.05) is 29.2 Å². The Bertz CT molecular complexity index is 4440. The number of carbonyl (C=O) groups is 1. The summed E-state index contributed by atoms with van der Waals surface area (Å²) in [6.07, 6.45) is -0.224. The lowest BCUT2D eigenvalue weighted by Gasteiger charge is -2.12. The molecule has 3 aromatic heterocycles. The zero-order valence-corrected chi connectivity index (χ0v) is 45.9. The second kappa shape index (κ2) is 22.7. The molecule has 0 unspecified atom stereocenters. The number of pyridine rings is 1. The maximum absolute atomic E-state index is 12.6. The first-order valence-electron chi connectivity index (χ1n) is 22.6.